The molecule has 2 nitrogen and oxygen atoms in total. The van der Waals surface area contributed by atoms with Gasteiger partial charge in [0.2, 0.25) is 0 Å². The van der Waals surface area contributed by atoms with Crippen molar-refractivity contribution in [3.8, 4) is 0 Å². The van der Waals surface area contributed by atoms with Gasteiger partial charge in [-0.1, -0.05) is 36.4 Å². The highest BCUT2D eigenvalue weighted by molar-refractivity contribution is 5.48. The Bertz CT molecular complexity index is 305. The van der Waals surface area contributed by atoms with Gasteiger partial charge >= 0.3 is 0 Å². The molecule has 1 aliphatic heterocycles. The summed E-state index contributed by atoms with van der Waals surface area (Å²) < 4.78 is 10.9. The maximum atomic E-state index is 5.47. The lowest BCUT2D eigenvalue weighted by Crippen LogP contribution is -2.05. The highest BCUT2D eigenvalue weighted by atomic mass is 16.7. The predicted octanol–water partition coefficient (Wildman–Crippen LogP) is 2.46. The van der Waals surface area contributed by atoms with Gasteiger partial charge in [-0.2, -0.15) is 0 Å². The quantitative estimate of drug-likeness (QED) is 0.713. The summed E-state index contributed by atoms with van der Waals surface area (Å²) >= 11 is 0. The molecule has 2 atom stereocenters. The summed E-state index contributed by atoms with van der Waals surface area (Å²) in [6.07, 6.45) is 3.99. The van der Waals surface area contributed by atoms with Gasteiger partial charge in [0.05, 0.1) is 12.7 Å². The van der Waals surface area contributed by atoms with Gasteiger partial charge in [-0.05, 0) is 18.6 Å². The van der Waals surface area contributed by atoms with Crippen LogP contribution in [0.5, 0.6) is 0 Å². The molecule has 1 heterocycles. The topological polar surface area (TPSA) is 18.5 Å². The molecule has 1 aliphatic rings. The Morgan fingerprint density at radius 2 is 2.07 bits per heavy atom. The van der Waals surface area contributed by atoms with E-state index in [2.05, 4.69) is 12.1 Å². The average molecular weight is 190 g/mol. The van der Waals surface area contributed by atoms with E-state index in [-0.39, 0.29) is 12.4 Å². The van der Waals surface area contributed by atoms with Crippen molar-refractivity contribution in [2.75, 3.05) is 6.61 Å². The van der Waals surface area contributed by atoms with Gasteiger partial charge in [-0.3, -0.25) is 0 Å². The number of benzene rings is 1. The molecule has 0 unspecified atom stereocenters. The van der Waals surface area contributed by atoms with Gasteiger partial charge in [0.15, 0.2) is 6.29 Å². The van der Waals surface area contributed by atoms with Crippen LogP contribution in [0.4, 0.5) is 0 Å². The molecular formula is C12H14O2. The summed E-state index contributed by atoms with van der Waals surface area (Å²) in [7, 11) is 0. The summed E-state index contributed by atoms with van der Waals surface area (Å²) in [5, 5.41) is 0. The number of ether oxygens (including phenoxy) is 2. The van der Waals surface area contributed by atoms with E-state index in [1.165, 1.54) is 5.56 Å². The third-order valence-corrected chi connectivity index (χ3v) is 2.11. The van der Waals surface area contributed by atoms with Crippen molar-refractivity contribution >= 4 is 6.08 Å². The summed E-state index contributed by atoms with van der Waals surface area (Å²) in [5.41, 5.74) is 1.17. The predicted molar refractivity (Wildman–Crippen MR) is 55.8 cm³/mol. The first kappa shape index (κ1) is 9.44. The molecule has 1 saturated heterocycles. The van der Waals surface area contributed by atoms with E-state index in [1.54, 1.807) is 0 Å². The lowest BCUT2D eigenvalue weighted by atomic mass is 10.2. The largest absolute Gasteiger partial charge is 0.346 e. The summed E-state index contributed by atoms with van der Waals surface area (Å²) in [6.45, 7) is 2.69. The van der Waals surface area contributed by atoms with Gasteiger partial charge in [0.1, 0.15) is 0 Å². The van der Waals surface area contributed by atoms with Crippen molar-refractivity contribution in [2.24, 2.45) is 0 Å². The molecule has 2 rings (SSSR count). The first-order valence-electron chi connectivity index (χ1n) is 4.85. The second kappa shape index (κ2) is 4.40. The fourth-order valence-corrected chi connectivity index (χ4v) is 1.39. The smallest absolute Gasteiger partial charge is 0.177 e. The van der Waals surface area contributed by atoms with Crippen molar-refractivity contribution < 1.29 is 9.47 Å². The molecule has 0 radical (unpaired) electrons. The molecule has 74 valence electrons. The molecule has 0 aliphatic carbocycles. The van der Waals surface area contributed by atoms with Gasteiger partial charge in [0, 0.05) is 0 Å². The van der Waals surface area contributed by atoms with Crippen LogP contribution in [0.25, 0.3) is 6.08 Å². The van der Waals surface area contributed by atoms with E-state index < -0.39 is 0 Å². The van der Waals surface area contributed by atoms with Crippen molar-refractivity contribution in [1.82, 2.24) is 0 Å². The fourth-order valence-electron chi connectivity index (χ4n) is 1.39. The van der Waals surface area contributed by atoms with E-state index >= 15 is 0 Å². The summed E-state index contributed by atoms with van der Waals surface area (Å²) in [5.74, 6) is 0. The minimum Gasteiger partial charge on any atom is -0.346 e. The van der Waals surface area contributed by atoms with E-state index in [0.29, 0.717) is 6.61 Å². The van der Waals surface area contributed by atoms with Gasteiger partial charge in [-0.25, -0.2) is 0 Å². The van der Waals surface area contributed by atoms with Crippen LogP contribution in [0.1, 0.15) is 12.5 Å². The molecule has 14 heavy (non-hydrogen) atoms. The standard InChI is InChI=1S/C12H14O2/c1-10-9-13-12(14-10)8-7-11-5-3-2-4-6-11/h2-8,10,12H,9H2,1H3/b8-7+/t10-,12-/m1/s1. The van der Waals surface area contributed by atoms with E-state index in [1.807, 2.05) is 37.3 Å². The molecule has 2 heteroatoms. The molecule has 0 bridgehead atoms. The lowest BCUT2D eigenvalue weighted by Gasteiger charge is -2.02. The molecule has 1 aromatic rings. The zero-order valence-electron chi connectivity index (χ0n) is 8.22. The molecule has 0 N–H and O–H groups in total. The monoisotopic (exact) mass is 190 g/mol. The Hall–Kier alpha value is -1.12. The lowest BCUT2D eigenvalue weighted by molar-refractivity contribution is -0.0155. The van der Waals surface area contributed by atoms with Crippen LogP contribution in [0, 0.1) is 0 Å². The first-order chi connectivity index (χ1) is 6.84. The van der Waals surface area contributed by atoms with Gasteiger partial charge in [0.25, 0.3) is 0 Å². The van der Waals surface area contributed by atoms with Crippen LogP contribution in [-0.2, 0) is 9.47 Å². The number of hydrogen-bond acceptors (Lipinski definition) is 2. The third-order valence-electron chi connectivity index (χ3n) is 2.11. The second-order valence-corrected chi connectivity index (χ2v) is 3.42. The van der Waals surface area contributed by atoms with Gasteiger partial charge < -0.3 is 9.47 Å². The SMILES string of the molecule is C[C@@H]1CO[C@@H](/C=C/c2ccccc2)O1. The maximum Gasteiger partial charge on any atom is 0.177 e. The number of hydrogen-bond donors (Lipinski definition) is 0. The highest BCUT2D eigenvalue weighted by Gasteiger charge is 2.19. The molecule has 1 aromatic carbocycles. The molecular weight excluding hydrogens is 176 g/mol. The zero-order valence-corrected chi connectivity index (χ0v) is 8.22. The third kappa shape index (κ3) is 2.44. The Morgan fingerprint density at radius 1 is 1.29 bits per heavy atom. The van der Waals surface area contributed by atoms with Crippen molar-refractivity contribution in [1.29, 1.82) is 0 Å². The van der Waals surface area contributed by atoms with Crippen LogP contribution in [0.3, 0.4) is 0 Å². The minimum atomic E-state index is -0.176. The average Bonchev–Trinajstić information content (AvgIpc) is 2.63. The van der Waals surface area contributed by atoms with E-state index in [4.69, 9.17) is 9.47 Å². The molecule has 0 aromatic heterocycles. The Labute approximate surface area is 84.2 Å². The van der Waals surface area contributed by atoms with Crippen molar-refractivity contribution in [3.63, 3.8) is 0 Å². The minimum absolute atomic E-state index is 0.176. The van der Waals surface area contributed by atoms with Crippen molar-refractivity contribution in [3.05, 3.63) is 42.0 Å². The molecule has 0 saturated carbocycles. The van der Waals surface area contributed by atoms with Gasteiger partial charge in [-0.15, -0.1) is 0 Å². The molecule has 0 amide bonds. The molecule has 0 spiro atoms. The second-order valence-electron chi connectivity index (χ2n) is 3.42. The number of rotatable bonds is 2. The normalized spacial score (nSPS) is 27.2. The van der Waals surface area contributed by atoms with E-state index in [9.17, 15) is 0 Å². The van der Waals surface area contributed by atoms with Crippen LogP contribution in [0.15, 0.2) is 36.4 Å². The van der Waals surface area contributed by atoms with E-state index in [0.717, 1.165) is 0 Å². The van der Waals surface area contributed by atoms with Crippen molar-refractivity contribution in [2.45, 2.75) is 19.3 Å². The maximum absolute atomic E-state index is 5.47. The fraction of sp³-hybridized carbons (Fsp3) is 0.333. The summed E-state index contributed by atoms with van der Waals surface area (Å²) in [6, 6.07) is 10.1. The molecule has 1 fully saturated rings. The van der Waals surface area contributed by atoms with Crippen LogP contribution >= 0.6 is 0 Å². The zero-order chi connectivity index (χ0) is 9.80. The van der Waals surface area contributed by atoms with Crippen LogP contribution < -0.4 is 0 Å². The highest BCUT2D eigenvalue weighted by Crippen LogP contribution is 2.13. The Morgan fingerprint density at radius 3 is 2.71 bits per heavy atom. The Kier molecular flexibility index (Phi) is 2.96. The van der Waals surface area contributed by atoms with Crippen LogP contribution in [-0.4, -0.2) is 19.0 Å². The first-order valence-corrected chi connectivity index (χ1v) is 4.85. The van der Waals surface area contributed by atoms with Crippen LogP contribution in [0.2, 0.25) is 0 Å². The Balaban J connectivity index is 1.94. The summed E-state index contributed by atoms with van der Waals surface area (Å²) in [4.78, 5) is 0.